The summed E-state index contributed by atoms with van der Waals surface area (Å²) in [5, 5.41) is 1.89. The Bertz CT molecular complexity index is 1070. The summed E-state index contributed by atoms with van der Waals surface area (Å²) in [6, 6.07) is 4.02. The summed E-state index contributed by atoms with van der Waals surface area (Å²) in [5.41, 5.74) is -1.90. The molecule has 0 radical (unpaired) electrons. The first-order chi connectivity index (χ1) is 15.2. The first-order valence-electron chi connectivity index (χ1n) is 10.1. The van der Waals surface area contributed by atoms with Crippen LogP contribution in [0.3, 0.4) is 0 Å². The monoisotopic (exact) mass is 507 g/mol. The molecule has 2 aliphatic rings. The number of hydrogen-bond acceptors (Lipinski definition) is 6. The number of para-hydroxylation sites is 1. The maximum Gasteiger partial charge on any atom is 0.418 e. The smallest absolute Gasteiger partial charge is 0.418 e. The number of carbonyl (C=O) groups is 2. The number of ether oxygens (including phenoxy) is 1. The number of thioether (sulfide) groups is 1. The van der Waals surface area contributed by atoms with E-state index >= 15 is 0 Å². The lowest BCUT2D eigenvalue weighted by atomic mass is 10.1. The van der Waals surface area contributed by atoms with Crippen molar-refractivity contribution in [2.24, 2.45) is 4.99 Å². The van der Waals surface area contributed by atoms with Crippen LogP contribution in [0, 0.1) is 0 Å². The van der Waals surface area contributed by atoms with Gasteiger partial charge in [0.1, 0.15) is 5.60 Å². The molecule has 0 aromatic heterocycles. The molecule has 2 atom stereocenters. The highest BCUT2D eigenvalue weighted by molar-refractivity contribution is 8.16. The highest BCUT2D eigenvalue weighted by atomic mass is 32.2. The van der Waals surface area contributed by atoms with Gasteiger partial charge in [0.15, 0.2) is 15.0 Å². The van der Waals surface area contributed by atoms with E-state index in [9.17, 15) is 31.2 Å². The van der Waals surface area contributed by atoms with E-state index in [4.69, 9.17) is 4.74 Å². The van der Waals surface area contributed by atoms with Gasteiger partial charge in [-0.05, 0) is 32.9 Å². The molecule has 2 amide bonds. The van der Waals surface area contributed by atoms with E-state index < -0.39 is 50.5 Å². The molecule has 2 heterocycles. The molecule has 1 aromatic carbocycles. The Kier molecular flexibility index (Phi) is 7.04. The SMILES string of the molecule is CC(C)(C)OC(=O)NCCC(=O)N=C1S[C@@H]2CS(=O)(=O)C[C@@H]2N1c1ccccc1C(F)(F)F. The number of alkyl halides is 3. The number of fused-ring (bicyclic) bond motifs is 1. The number of amides is 2. The third-order valence-corrected chi connectivity index (χ3v) is 7.97. The Morgan fingerprint density at radius 2 is 1.88 bits per heavy atom. The Labute approximate surface area is 193 Å². The summed E-state index contributed by atoms with van der Waals surface area (Å²) in [7, 11) is -3.43. The number of hydrogen-bond donors (Lipinski definition) is 1. The van der Waals surface area contributed by atoms with Crippen LogP contribution < -0.4 is 10.2 Å². The van der Waals surface area contributed by atoms with Crippen LogP contribution in [0.5, 0.6) is 0 Å². The largest absolute Gasteiger partial charge is 0.444 e. The number of nitrogens with zero attached hydrogens (tertiary/aromatic N) is 2. The number of amidine groups is 1. The number of alkyl carbamates (subject to hydrolysis) is 1. The van der Waals surface area contributed by atoms with E-state index in [2.05, 4.69) is 10.3 Å². The summed E-state index contributed by atoms with van der Waals surface area (Å²) in [6.07, 6.45) is -5.59. The number of anilines is 1. The van der Waals surface area contributed by atoms with Crippen molar-refractivity contribution in [1.82, 2.24) is 5.32 Å². The predicted molar refractivity (Wildman–Crippen MR) is 119 cm³/mol. The third-order valence-electron chi connectivity index (χ3n) is 4.76. The van der Waals surface area contributed by atoms with Gasteiger partial charge in [-0.3, -0.25) is 4.79 Å². The summed E-state index contributed by atoms with van der Waals surface area (Å²) in [5.74, 6) is -1.20. The molecule has 33 heavy (non-hydrogen) atoms. The lowest BCUT2D eigenvalue weighted by Gasteiger charge is -2.27. The van der Waals surface area contributed by atoms with Gasteiger partial charge >= 0.3 is 12.3 Å². The van der Waals surface area contributed by atoms with Crippen LogP contribution >= 0.6 is 11.8 Å². The van der Waals surface area contributed by atoms with Crippen molar-refractivity contribution in [3.05, 3.63) is 29.8 Å². The number of rotatable bonds is 4. The average Bonchev–Trinajstić information content (AvgIpc) is 3.10. The van der Waals surface area contributed by atoms with Gasteiger partial charge in [-0.15, -0.1) is 0 Å². The second-order valence-corrected chi connectivity index (χ2v) is 12.0. The van der Waals surface area contributed by atoms with E-state index in [1.54, 1.807) is 20.8 Å². The molecule has 2 aliphatic heterocycles. The van der Waals surface area contributed by atoms with Crippen molar-refractivity contribution in [3.8, 4) is 0 Å². The first-order valence-corrected chi connectivity index (χ1v) is 12.8. The van der Waals surface area contributed by atoms with Gasteiger partial charge in [-0.25, -0.2) is 13.2 Å². The molecule has 8 nitrogen and oxygen atoms in total. The summed E-state index contributed by atoms with van der Waals surface area (Å²) >= 11 is 0.978. The van der Waals surface area contributed by atoms with Crippen LogP contribution in [-0.4, -0.2) is 60.5 Å². The molecule has 1 aromatic rings. The summed E-state index contributed by atoms with van der Waals surface area (Å²) in [6.45, 7) is 4.98. The molecular weight excluding hydrogens is 483 g/mol. The molecule has 2 saturated heterocycles. The standard InChI is InChI=1S/C20H24F3N3O5S2/c1-19(2,3)31-18(28)24-9-8-16(27)25-17-26(14-10-33(29,30)11-15(14)32-17)13-7-5-4-6-12(13)20(21,22)23/h4-7,14-15H,8-11H2,1-3H3,(H,24,28)/t14-,15+/m0/s1. The molecule has 0 aliphatic carbocycles. The first kappa shape index (κ1) is 25.3. The van der Waals surface area contributed by atoms with E-state index in [1.165, 1.54) is 23.1 Å². The van der Waals surface area contributed by atoms with Crippen LogP contribution in [0.25, 0.3) is 0 Å². The van der Waals surface area contributed by atoms with E-state index in [-0.39, 0.29) is 35.3 Å². The van der Waals surface area contributed by atoms with Crippen molar-refractivity contribution in [2.75, 3.05) is 23.0 Å². The van der Waals surface area contributed by atoms with Gasteiger partial charge in [0, 0.05) is 18.2 Å². The zero-order chi connectivity index (χ0) is 24.6. The molecule has 0 spiro atoms. The highest BCUT2D eigenvalue weighted by Gasteiger charge is 2.51. The fraction of sp³-hybridized carbons (Fsp3) is 0.550. The van der Waals surface area contributed by atoms with Gasteiger partial charge in [0.2, 0.25) is 5.91 Å². The van der Waals surface area contributed by atoms with E-state index in [0.717, 1.165) is 17.8 Å². The summed E-state index contributed by atoms with van der Waals surface area (Å²) in [4.78, 5) is 29.3. The minimum Gasteiger partial charge on any atom is -0.444 e. The Morgan fingerprint density at radius 1 is 1.21 bits per heavy atom. The number of nitrogens with one attached hydrogen (secondary N) is 1. The topological polar surface area (TPSA) is 105 Å². The minimum atomic E-state index is -4.68. The molecule has 2 fully saturated rings. The average molecular weight is 508 g/mol. The van der Waals surface area contributed by atoms with Crippen LogP contribution in [0.1, 0.15) is 32.8 Å². The van der Waals surface area contributed by atoms with Crippen molar-refractivity contribution >= 4 is 44.5 Å². The van der Waals surface area contributed by atoms with Crippen LogP contribution in [0.2, 0.25) is 0 Å². The van der Waals surface area contributed by atoms with Crippen molar-refractivity contribution in [1.29, 1.82) is 0 Å². The van der Waals surface area contributed by atoms with Crippen LogP contribution in [0.4, 0.5) is 23.7 Å². The second kappa shape index (κ2) is 9.16. The molecule has 13 heteroatoms. The van der Waals surface area contributed by atoms with Crippen molar-refractivity contribution < 1.29 is 35.9 Å². The number of halogens is 3. The maximum absolute atomic E-state index is 13.6. The highest BCUT2D eigenvalue weighted by Crippen LogP contribution is 2.45. The van der Waals surface area contributed by atoms with Gasteiger partial charge in [0.25, 0.3) is 0 Å². The van der Waals surface area contributed by atoms with Gasteiger partial charge < -0.3 is 15.0 Å². The molecule has 182 valence electrons. The fourth-order valence-corrected chi connectivity index (χ4v) is 7.44. The number of sulfone groups is 1. The lowest BCUT2D eigenvalue weighted by molar-refractivity contribution is -0.137. The Hall–Kier alpha value is -2.28. The molecule has 1 N–H and O–H groups in total. The van der Waals surface area contributed by atoms with Crippen molar-refractivity contribution in [2.45, 2.75) is 50.3 Å². The molecule has 3 rings (SSSR count). The molecule has 0 bridgehead atoms. The quantitative estimate of drug-likeness (QED) is 0.667. The number of benzene rings is 1. The lowest BCUT2D eigenvalue weighted by Crippen LogP contribution is -2.39. The van der Waals surface area contributed by atoms with E-state index in [1.807, 2.05) is 0 Å². The number of carbonyl (C=O) groups excluding carboxylic acids is 2. The van der Waals surface area contributed by atoms with Crippen molar-refractivity contribution in [3.63, 3.8) is 0 Å². The fourth-order valence-electron chi connectivity index (χ4n) is 3.52. The zero-order valence-corrected chi connectivity index (χ0v) is 19.8. The van der Waals surface area contributed by atoms with Crippen LogP contribution in [0.15, 0.2) is 29.3 Å². The normalized spacial score (nSPS) is 23.5. The van der Waals surface area contributed by atoms with Gasteiger partial charge in [-0.1, -0.05) is 23.9 Å². The zero-order valence-electron chi connectivity index (χ0n) is 18.2. The van der Waals surface area contributed by atoms with Crippen LogP contribution in [-0.2, 0) is 25.5 Å². The maximum atomic E-state index is 13.6. The number of aliphatic imine (C=N–C) groups is 1. The molecular formula is C20H24F3N3O5S2. The second-order valence-electron chi connectivity index (χ2n) is 8.65. The summed E-state index contributed by atoms with van der Waals surface area (Å²) < 4.78 is 70.2. The van der Waals surface area contributed by atoms with E-state index in [0.29, 0.717) is 0 Å². The Balaban J connectivity index is 1.82. The predicted octanol–water partition coefficient (Wildman–Crippen LogP) is 3.22. The Morgan fingerprint density at radius 3 is 2.52 bits per heavy atom. The van der Waals surface area contributed by atoms with Gasteiger partial charge in [0.05, 0.1) is 28.8 Å². The van der Waals surface area contributed by atoms with Gasteiger partial charge in [-0.2, -0.15) is 18.2 Å². The molecule has 0 saturated carbocycles. The third kappa shape index (κ3) is 6.40. The minimum absolute atomic E-state index is 0.0128. The molecule has 0 unspecified atom stereocenters.